The number of hydrogen-bond donors (Lipinski definition) is 1. The SMILES string of the molecule is CSC(=S)N1CC2(CCCCC2)CSC1=Nc1cccc2ccc(O)cc12. The molecule has 2 aliphatic rings. The molecule has 1 saturated heterocycles. The molecule has 1 aliphatic heterocycles. The van der Waals surface area contributed by atoms with E-state index in [0.717, 1.165) is 38.2 Å². The summed E-state index contributed by atoms with van der Waals surface area (Å²) in [5.74, 6) is 1.39. The number of aromatic hydroxyl groups is 1. The molecule has 3 nitrogen and oxygen atoms in total. The van der Waals surface area contributed by atoms with E-state index in [9.17, 15) is 5.11 Å². The van der Waals surface area contributed by atoms with Crippen molar-refractivity contribution >= 4 is 61.7 Å². The maximum atomic E-state index is 9.92. The Morgan fingerprint density at radius 1 is 1.22 bits per heavy atom. The number of benzene rings is 2. The Labute approximate surface area is 174 Å². The Balaban J connectivity index is 1.71. The minimum absolute atomic E-state index is 0.268. The highest BCUT2D eigenvalue weighted by Gasteiger charge is 2.40. The second-order valence-electron chi connectivity index (χ2n) is 7.48. The summed E-state index contributed by atoms with van der Waals surface area (Å²) in [6.07, 6.45) is 8.65. The topological polar surface area (TPSA) is 35.8 Å². The zero-order chi connectivity index (χ0) is 18.9. The molecule has 1 heterocycles. The molecule has 0 radical (unpaired) electrons. The molecule has 0 unspecified atom stereocenters. The van der Waals surface area contributed by atoms with E-state index in [1.807, 2.05) is 42.3 Å². The Morgan fingerprint density at radius 2 is 2.04 bits per heavy atom. The van der Waals surface area contributed by atoms with Gasteiger partial charge in [-0.05, 0) is 48.1 Å². The second kappa shape index (κ2) is 8.02. The smallest absolute Gasteiger partial charge is 0.169 e. The number of rotatable bonds is 1. The van der Waals surface area contributed by atoms with Crippen molar-refractivity contribution in [1.29, 1.82) is 0 Å². The lowest BCUT2D eigenvalue weighted by Crippen LogP contribution is -2.48. The standard InChI is InChI=1S/C21H24N2OS3/c1-26-20(25)23-13-21(10-3-2-4-11-21)14-27-19(23)22-18-7-5-6-15-8-9-16(24)12-17(15)18/h5-9,12,24H,2-4,10-11,13-14H2,1H3. The van der Waals surface area contributed by atoms with E-state index in [1.54, 1.807) is 23.9 Å². The van der Waals surface area contributed by atoms with Crippen molar-refractivity contribution in [2.24, 2.45) is 10.4 Å². The van der Waals surface area contributed by atoms with Gasteiger partial charge in [-0.1, -0.05) is 73.2 Å². The molecule has 6 heteroatoms. The molecule has 0 aromatic heterocycles. The van der Waals surface area contributed by atoms with Crippen LogP contribution in [0, 0.1) is 5.41 Å². The van der Waals surface area contributed by atoms with Crippen LogP contribution in [0.15, 0.2) is 41.4 Å². The van der Waals surface area contributed by atoms with Gasteiger partial charge in [0, 0.05) is 17.7 Å². The molecule has 4 rings (SSSR count). The highest BCUT2D eigenvalue weighted by Crippen LogP contribution is 2.44. The van der Waals surface area contributed by atoms with Crippen LogP contribution in [-0.4, -0.2) is 38.0 Å². The van der Waals surface area contributed by atoms with Crippen LogP contribution in [0.4, 0.5) is 5.69 Å². The van der Waals surface area contributed by atoms with Crippen LogP contribution in [0.3, 0.4) is 0 Å². The first-order valence-electron chi connectivity index (χ1n) is 9.39. The van der Waals surface area contributed by atoms with Gasteiger partial charge < -0.3 is 10.0 Å². The lowest BCUT2D eigenvalue weighted by molar-refractivity contribution is 0.194. The van der Waals surface area contributed by atoms with Crippen LogP contribution in [0.2, 0.25) is 0 Å². The number of amidine groups is 1. The van der Waals surface area contributed by atoms with Crippen molar-refractivity contribution in [3.05, 3.63) is 36.4 Å². The molecule has 1 N–H and O–H groups in total. The van der Waals surface area contributed by atoms with Gasteiger partial charge >= 0.3 is 0 Å². The molecule has 27 heavy (non-hydrogen) atoms. The first kappa shape index (κ1) is 19.1. The van der Waals surface area contributed by atoms with Crippen molar-refractivity contribution in [3.63, 3.8) is 0 Å². The van der Waals surface area contributed by atoms with Gasteiger partial charge in [0.05, 0.1) is 5.69 Å². The van der Waals surface area contributed by atoms with Crippen molar-refractivity contribution in [2.45, 2.75) is 32.1 Å². The molecule has 0 amide bonds. The number of thiocarbonyl (C=S) groups is 1. The minimum Gasteiger partial charge on any atom is -0.508 e. The molecule has 142 valence electrons. The predicted octanol–water partition coefficient (Wildman–Crippen LogP) is 6.18. The third kappa shape index (κ3) is 3.98. The van der Waals surface area contributed by atoms with E-state index < -0.39 is 0 Å². The fourth-order valence-electron chi connectivity index (χ4n) is 4.14. The van der Waals surface area contributed by atoms with Gasteiger partial charge in [-0.15, -0.1) is 0 Å². The first-order chi connectivity index (χ1) is 13.1. The predicted molar refractivity (Wildman–Crippen MR) is 124 cm³/mol. The Morgan fingerprint density at radius 3 is 2.81 bits per heavy atom. The van der Waals surface area contributed by atoms with Gasteiger partial charge in [-0.2, -0.15) is 0 Å². The van der Waals surface area contributed by atoms with Gasteiger partial charge in [-0.25, -0.2) is 4.99 Å². The number of nitrogens with zero attached hydrogens (tertiary/aromatic N) is 2. The molecule has 2 aromatic rings. The molecule has 1 saturated carbocycles. The van der Waals surface area contributed by atoms with Gasteiger partial charge in [0.1, 0.15) is 10.1 Å². The molecule has 0 atom stereocenters. The van der Waals surface area contributed by atoms with Crippen molar-refractivity contribution < 1.29 is 5.11 Å². The number of hydrogen-bond acceptors (Lipinski definition) is 5. The summed E-state index contributed by atoms with van der Waals surface area (Å²) in [4.78, 5) is 7.26. The van der Waals surface area contributed by atoms with E-state index in [-0.39, 0.29) is 5.75 Å². The molecule has 1 aliphatic carbocycles. The van der Waals surface area contributed by atoms with Crippen LogP contribution in [0.1, 0.15) is 32.1 Å². The van der Waals surface area contributed by atoms with Crippen LogP contribution in [0.5, 0.6) is 5.75 Å². The van der Waals surface area contributed by atoms with Gasteiger partial charge in [0.15, 0.2) is 5.17 Å². The normalized spacial score (nSPS) is 21.1. The Kier molecular flexibility index (Phi) is 5.67. The quantitative estimate of drug-likeness (QED) is 0.562. The van der Waals surface area contributed by atoms with E-state index in [0.29, 0.717) is 5.41 Å². The van der Waals surface area contributed by atoms with E-state index in [2.05, 4.69) is 4.90 Å². The van der Waals surface area contributed by atoms with E-state index in [4.69, 9.17) is 17.2 Å². The second-order valence-corrected chi connectivity index (χ2v) is 9.87. The zero-order valence-corrected chi connectivity index (χ0v) is 17.9. The summed E-state index contributed by atoms with van der Waals surface area (Å²) in [6.45, 7) is 0.981. The Bertz CT molecular complexity index is 890. The number of thioether (sulfide) groups is 2. The highest BCUT2D eigenvalue weighted by molar-refractivity contribution is 8.23. The summed E-state index contributed by atoms with van der Waals surface area (Å²) in [5.41, 5.74) is 1.26. The minimum atomic E-state index is 0.268. The van der Waals surface area contributed by atoms with E-state index in [1.165, 1.54) is 32.1 Å². The van der Waals surface area contributed by atoms with Crippen LogP contribution in [-0.2, 0) is 0 Å². The van der Waals surface area contributed by atoms with Gasteiger partial charge in [0.2, 0.25) is 0 Å². The molecule has 0 bridgehead atoms. The number of fused-ring (bicyclic) bond motifs is 1. The fraction of sp³-hybridized carbons (Fsp3) is 0.429. The summed E-state index contributed by atoms with van der Waals surface area (Å²) < 4.78 is 0.897. The summed E-state index contributed by atoms with van der Waals surface area (Å²) >= 11 is 9.16. The van der Waals surface area contributed by atoms with Gasteiger partial charge in [-0.3, -0.25) is 0 Å². The first-order valence-corrected chi connectivity index (χ1v) is 12.0. The molecule has 2 fully saturated rings. The number of phenols is 1. The highest BCUT2D eigenvalue weighted by atomic mass is 32.2. The van der Waals surface area contributed by atoms with Crippen LogP contribution in [0.25, 0.3) is 10.8 Å². The van der Waals surface area contributed by atoms with Crippen molar-refractivity contribution in [2.75, 3.05) is 18.6 Å². The average Bonchev–Trinajstić information content (AvgIpc) is 2.70. The average molecular weight is 417 g/mol. The Hall–Kier alpha value is -1.24. The monoisotopic (exact) mass is 416 g/mol. The molecular formula is C21H24N2OS3. The van der Waals surface area contributed by atoms with E-state index >= 15 is 0 Å². The zero-order valence-electron chi connectivity index (χ0n) is 15.5. The summed E-state index contributed by atoms with van der Waals surface area (Å²) in [5, 5.41) is 13.0. The van der Waals surface area contributed by atoms with Crippen molar-refractivity contribution in [3.8, 4) is 5.75 Å². The number of aliphatic imine (C=N–C) groups is 1. The molecule has 1 spiro atoms. The molecule has 2 aromatic carbocycles. The largest absolute Gasteiger partial charge is 0.508 e. The van der Waals surface area contributed by atoms with Gasteiger partial charge in [0.25, 0.3) is 0 Å². The molecular weight excluding hydrogens is 392 g/mol. The maximum Gasteiger partial charge on any atom is 0.169 e. The fourth-order valence-corrected chi connectivity index (χ4v) is 6.07. The lowest BCUT2D eigenvalue weighted by Gasteiger charge is -2.45. The van der Waals surface area contributed by atoms with Crippen LogP contribution >= 0.6 is 35.7 Å². The third-order valence-electron chi connectivity index (χ3n) is 5.60. The van der Waals surface area contributed by atoms with Crippen LogP contribution < -0.4 is 0 Å². The van der Waals surface area contributed by atoms with Crippen molar-refractivity contribution in [1.82, 2.24) is 4.90 Å². The summed E-state index contributed by atoms with van der Waals surface area (Å²) in [7, 11) is 0. The summed E-state index contributed by atoms with van der Waals surface area (Å²) in [6, 6.07) is 11.5. The lowest BCUT2D eigenvalue weighted by atomic mass is 9.75. The maximum absolute atomic E-state index is 9.92. The third-order valence-corrected chi connectivity index (χ3v) is 8.22. The number of phenolic OH excluding ortho intramolecular Hbond substituents is 1.